The lowest BCUT2D eigenvalue weighted by Gasteiger charge is -2.36. The smallest absolute Gasteiger partial charge is 0.254 e. The number of para-hydroxylation sites is 1. The molecule has 1 aliphatic heterocycles. The predicted molar refractivity (Wildman–Crippen MR) is 124 cm³/mol. The summed E-state index contributed by atoms with van der Waals surface area (Å²) in [6, 6.07) is 22.2. The summed E-state index contributed by atoms with van der Waals surface area (Å²) in [6.07, 6.45) is 3.50. The predicted octanol–water partition coefficient (Wildman–Crippen LogP) is 4.57. The number of piperazine rings is 1. The van der Waals surface area contributed by atoms with Crippen molar-refractivity contribution in [2.45, 2.75) is 6.92 Å². The highest BCUT2D eigenvalue weighted by atomic mass is 16.2. The number of aromatic nitrogens is 2. The first-order chi connectivity index (χ1) is 15.2. The molecule has 0 aliphatic carbocycles. The molecule has 3 heterocycles. The largest absolute Gasteiger partial charge is 0.368 e. The molecule has 31 heavy (non-hydrogen) atoms. The van der Waals surface area contributed by atoms with Crippen LogP contribution in [0.5, 0.6) is 0 Å². The number of pyridine rings is 2. The normalized spacial score (nSPS) is 14.1. The zero-order chi connectivity index (χ0) is 21.2. The molecule has 0 bridgehead atoms. The Morgan fingerprint density at radius 1 is 0.871 bits per heavy atom. The summed E-state index contributed by atoms with van der Waals surface area (Å²) in [6.45, 7) is 5.17. The lowest BCUT2D eigenvalue weighted by Crippen LogP contribution is -2.48. The van der Waals surface area contributed by atoms with Crippen molar-refractivity contribution in [3.8, 4) is 11.3 Å². The average Bonchev–Trinajstić information content (AvgIpc) is 2.83. The highest BCUT2D eigenvalue weighted by molar-refractivity contribution is 6.07. The number of carbonyl (C=O) groups is 1. The van der Waals surface area contributed by atoms with Crippen LogP contribution in [0.15, 0.2) is 79.1 Å². The van der Waals surface area contributed by atoms with Crippen molar-refractivity contribution in [2.75, 3.05) is 31.1 Å². The van der Waals surface area contributed by atoms with Gasteiger partial charge in [-0.2, -0.15) is 0 Å². The molecule has 0 radical (unpaired) electrons. The minimum absolute atomic E-state index is 0.0674. The molecule has 1 fully saturated rings. The standard InChI is InChI=1S/C26H24N4O/c1-19-5-4-6-21(17-19)29-13-15-30(16-14-29)26(31)23-18-25(20-9-11-27-12-10-20)28-24-8-3-2-7-22(23)24/h2-12,17-18H,13-16H2,1H3. The molecule has 5 heteroatoms. The van der Waals surface area contributed by atoms with Crippen molar-refractivity contribution in [1.82, 2.24) is 14.9 Å². The first kappa shape index (κ1) is 19.2. The molecule has 1 amide bonds. The Morgan fingerprint density at radius 2 is 1.65 bits per heavy atom. The van der Waals surface area contributed by atoms with Crippen molar-refractivity contribution in [3.63, 3.8) is 0 Å². The van der Waals surface area contributed by atoms with E-state index in [1.165, 1.54) is 11.3 Å². The van der Waals surface area contributed by atoms with E-state index in [9.17, 15) is 4.79 Å². The second-order valence-electron chi connectivity index (χ2n) is 7.93. The van der Waals surface area contributed by atoms with Crippen LogP contribution in [-0.2, 0) is 0 Å². The van der Waals surface area contributed by atoms with E-state index >= 15 is 0 Å². The van der Waals surface area contributed by atoms with Crippen molar-refractivity contribution >= 4 is 22.5 Å². The first-order valence-electron chi connectivity index (χ1n) is 10.6. The Morgan fingerprint density at radius 3 is 2.42 bits per heavy atom. The number of nitrogens with zero attached hydrogens (tertiary/aromatic N) is 4. The number of amides is 1. The van der Waals surface area contributed by atoms with Crippen LogP contribution >= 0.6 is 0 Å². The number of anilines is 1. The molecule has 5 nitrogen and oxygen atoms in total. The van der Waals surface area contributed by atoms with Crippen molar-refractivity contribution in [1.29, 1.82) is 0 Å². The van der Waals surface area contributed by atoms with E-state index in [0.717, 1.165) is 35.2 Å². The molecule has 1 saturated heterocycles. The van der Waals surface area contributed by atoms with Gasteiger partial charge in [-0.25, -0.2) is 4.98 Å². The van der Waals surface area contributed by atoms with E-state index in [4.69, 9.17) is 4.98 Å². The van der Waals surface area contributed by atoms with Crippen molar-refractivity contribution in [2.24, 2.45) is 0 Å². The fourth-order valence-corrected chi connectivity index (χ4v) is 4.19. The zero-order valence-electron chi connectivity index (χ0n) is 17.5. The van der Waals surface area contributed by atoms with Gasteiger partial charge in [-0.05, 0) is 48.9 Å². The van der Waals surface area contributed by atoms with E-state index in [1.807, 2.05) is 47.4 Å². The summed E-state index contributed by atoms with van der Waals surface area (Å²) in [7, 11) is 0. The zero-order valence-corrected chi connectivity index (χ0v) is 17.5. The minimum Gasteiger partial charge on any atom is -0.368 e. The van der Waals surface area contributed by atoms with E-state index in [0.29, 0.717) is 18.7 Å². The maximum Gasteiger partial charge on any atom is 0.254 e. The highest BCUT2D eigenvalue weighted by Crippen LogP contribution is 2.26. The Hall–Kier alpha value is -3.73. The molecule has 0 spiro atoms. The third kappa shape index (κ3) is 3.87. The number of hydrogen-bond donors (Lipinski definition) is 0. The summed E-state index contributed by atoms with van der Waals surface area (Å²) in [5, 5.41) is 0.895. The van der Waals surface area contributed by atoms with Crippen molar-refractivity contribution in [3.05, 3.63) is 90.3 Å². The molecule has 0 unspecified atom stereocenters. The number of carbonyl (C=O) groups excluding carboxylic acids is 1. The summed E-state index contributed by atoms with van der Waals surface area (Å²) < 4.78 is 0. The number of rotatable bonds is 3. The van der Waals surface area contributed by atoms with E-state index in [1.54, 1.807) is 12.4 Å². The minimum atomic E-state index is 0.0674. The van der Waals surface area contributed by atoms with Crippen LogP contribution in [0.1, 0.15) is 15.9 Å². The van der Waals surface area contributed by atoms with Gasteiger partial charge in [0, 0.05) is 55.2 Å². The Kier molecular flexibility index (Phi) is 5.08. The van der Waals surface area contributed by atoms with Crippen LogP contribution in [0.4, 0.5) is 5.69 Å². The molecule has 5 rings (SSSR count). The van der Waals surface area contributed by atoms with Gasteiger partial charge in [-0.3, -0.25) is 9.78 Å². The number of aryl methyl sites for hydroxylation is 1. The van der Waals surface area contributed by atoms with Gasteiger partial charge in [-0.15, -0.1) is 0 Å². The SMILES string of the molecule is Cc1cccc(N2CCN(C(=O)c3cc(-c4ccncc4)nc4ccccc34)CC2)c1. The summed E-state index contributed by atoms with van der Waals surface area (Å²) in [4.78, 5) is 26.8. The van der Waals surface area contributed by atoms with Crippen LogP contribution in [0, 0.1) is 6.92 Å². The third-order valence-corrected chi connectivity index (χ3v) is 5.86. The van der Waals surface area contributed by atoms with Gasteiger partial charge in [0.05, 0.1) is 16.8 Å². The van der Waals surface area contributed by atoms with Gasteiger partial charge in [0.1, 0.15) is 0 Å². The topological polar surface area (TPSA) is 49.3 Å². The summed E-state index contributed by atoms with van der Waals surface area (Å²) in [5.41, 5.74) is 5.77. The molecule has 4 aromatic rings. The van der Waals surface area contributed by atoms with E-state index in [-0.39, 0.29) is 5.91 Å². The second kappa shape index (κ2) is 8.19. The summed E-state index contributed by atoms with van der Waals surface area (Å²) >= 11 is 0. The van der Waals surface area contributed by atoms with Gasteiger partial charge in [0.15, 0.2) is 0 Å². The van der Waals surface area contributed by atoms with Gasteiger partial charge in [0.2, 0.25) is 0 Å². The van der Waals surface area contributed by atoms with Crippen LogP contribution < -0.4 is 4.90 Å². The summed E-state index contributed by atoms with van der Waals surface area (Å²) in [5.74, 6) is 0.0674. The second-order valence-corrected chi connectivity index (χ2v) is 7.93. The Labute approximate surface area is 182 Å². The van der Waals surface area contributed by atoms with Crippen molar-refractivity contribution < 1.29 is 4.79 Å². The molecule has 2 aromatic carbocycles. The molecular formula is C26H24N4O. The number of benzene rings is 2. The Balaban J connectivity index is 1.43. The van der Waals surface area contributed by atoms with E-state index < -0.39 is 0 Å². The fourth-order valence-electron chi connectivity index (χ4n) is 4.19. The van der Waals surface area contributed by atoms with Gasteiger partial charge < -0.3 is 9.80 Å². The molecule has 1 aliphatic rings. The van der Waals surface area contributed by atoms with Crippen LogP contribution in [0.2, 0.25) is 0 Å². The lowest BCUT2D eigenvalue weighted by molar-refractivity contribution is 0.0748. The van der Waals surface area contributed by atoms with Crippen LogP contribution in [0.25, 0.3) is 22.2 Å². The fraction of sp³-hybridized carbons (Fsp3) is 0.192. The third-order valence-electron chi connectivity index (χ3n) is 5.86. The van der Waals surface area contributed by atoms with Crippen LogP contribution in [0.3, 0.4) is 0 Å². The average molecular weight is 409 g/mol. The first-order valence-corrected chi connectivity index (χ1v) is 10.6. The number of hydrogen-bond acceptors (Lipinski definition) is 4. The molecular weight excluding hydrogens is 384 g/mol. The maximum atomic E-state index is 13.6. The van der Waals surface area contributed by atoms with Gasteiger partial charge in [-0.1, -0.05) is 30.3 Å². The van der Waals surface area contributed by atoms with Gasteiger partial charge >= 0.3 is 0 Å². The molecule has 2 aromatic heterocycles. The monoisotopic (exact) mass is 408 g/mol. The van der Waals surface area contributed by atoms with Crippen LogP contribution in [-0.4, -0.2) is 47.0 Å². The highest BCUT2D eigenvalue weighted by Gasteiger charge is 2.24. The molecule has 0 atom stereocenters. The maximum absolute atomic E-state index is 13.6. The molecule has 154 valence electrons. The van der Waals surface area contributed by atoms with E-state index in [2.05, 4.69) is 41.1 Å². The quantitative estimate of drug-likeness (QED) is 0.498. The lowest BCUT2D eigenvalue weighted by atomic mass is 10.0. The Bertz CT molecular complexity index is 1230. The van der Waals surface area contributed by atoms with Gasteiger partial charge in [0.25, 0.3) is 5.91 Å². The number of fused-ring (bicyclic) bond motifs is 1. The molecule has 0 saturated carbocycles. The molecule has 0 N–H and O–H groups in total.